The van der Waals surface area contributed by atoms with Gasteiger partial charge < -0.3 is 15.0 Å². The van der Waals surface area contributed by atoms with Gasteiger partial charge in [-0.2, -0.15) is 0 Å². The summed E-state index contributed by atoms with van der Waals surface area (Å²) >= 11 is 0. The molecule has 0 saturated heterocycles. The summed E-state index contributed by atoms with van der Waals surface area (Å²) < 4.78 is 5.43. The Morgan fingerprint density at radius 2 is 1.80 bits per heavy atom. The number of nitrogens with zero attached hydrogens (tertiary/aromatic N) is 1. The largest absolute Gasteiger partial charge is 0.496 e. The minimum absolute atomic E-state index is 0.464. The first-order chi connectivity index (χ1) is 9.61. The molecule has 0 amide bonds. The monoisotopic (exact) mass is 272 g/mol. The Morgan fingerprint density at radius 3 is 2.45 bits per heavy atom. The van der Waals surface area contributed by atoms with E-state index in [1.165, 1.54) is 16.3 Å². The first-order valence-corrected chi connectivity index (χ1v) is 7.04. The number of methoxy groups -OCH3 is 1. The zero-order valence-corrected chi connectivity index (χ0v) is 12.8. The summed E-state index contributed by atoms with van der Waals surface area (Å²) in [6.45, 7) is 4.12. The SMILES string of the molecule is COc1ccc(CNC(C)CN(C)C)c2ccccc12. The number of likely N-dealkylation sites (N-methyl/N-ethyl adjacent to an activating group) is 1. The van der Waals surface area contributed by atoms with Gasteiger partial charge in [0.25, 0.3) is 0 Å². The molecule has 0 aromatic heterocycles. The van der Waals surface area contributed by atoms with Crippen molar-refractivity contribution in [2.45, 2.75) is 19.5 Å². The molecule has 0 aliphatic heterocycles. The Kier molecular flexibility index (Phi) is 4.99. The smallest absolute Gasteiger partial charge is 0.126 e. The molecule has 3 heteroatoms. The molecule has 0 aliphatic carbocycles. The second-order valence-corrected chi connectivity index (χ2v) is 5.52. The first-order valence-electron chi connectivity index (χ1n) is 7.04. The topological polar surface area (TPSA) is 24.5 Å². The molecule has 0 bridgehead atoms. The lowest BCUT2D eigenvalue weighted by Gasteiger charge is -2.19. The molecule has 0 heterocycles. The van der Waals surface area contributed by atoms with Crippen molar-refractivity contribution in [3.63, 3.8) is 0 Å². The highest BCUT2D eigenvalue weighted by atomic mass is 16.5. The van der Waals surface area contributed by atoms with Gasteiger partial charge in [-0.3, -0.25) is 0 Å². The number of fused-ring (bicyclic) bond motifs is 1. The van der Waals surface area contributed by atoms with E-state index in [0.717, 1.165) is 18.8 Å². The maximum Gasteiger partial charge on any atom is 0.126 e. The van der Waals surface area contributed by atoms with Gasteiger partial charge in [-0.25, -0.2) is 0 Å². The lowest BCUT2D eigenvalue weighted by atomic mass is 10.0. The van der Waals surface area contributed by atoms with Crippen molar-refractivity contribution < 1.29 is 4.74 Å². The van der Waals surface area contributed by atoms with Crippen LogP contribution < -0.4 is 10.1 Å². The fourth-order valence-corrected chi connectivity index (χ4v) is 2.56. The molecule has 3 nitrogen and oxygen atoms in total. The average Bonchev–Trinajstić information content (AvgIpc) is 2.44. The number of hydrogen-bond donors (Lipinski definition) is 1. The summed E-state index contributed by atoms with van der Waals surface area (Å²) in [6, 6.07) is 13.1. The second kappa shape index (κ2) is 6.73. The molecule has 1 unspecified atom stereocenters. The summed E-state index contributed by atoms with van der Waals surface area (Å²) in [6.07, 6.45) is 0. The molecule has 108 valence electrons. The molecule has 0 aliphatic rings. The molecule has 2 rings (SSSR count). The van der Waals surface area contributed by atoms with Crippen molar-refractivity contribution in [3.8, 4) is 5.75 Å². The molecule has 0 radical (unpaired) electrons. The van der Waals surface area contributed by atoms with Crippen LogP contribution in [0.1, 0.15) is 12.5 Å². The Morgan fingerprint density at radius 1 is 1.10 bits per heavy atom. The Hall–Kier alpha value is -1.58. The zero-order chi connectivity index (χ0) is 14.5. The highest BCUT2D eigenvalue weighted by Crippen LogP contribution is 2.28. The van der Waals surface area contributed by atoms with Crippen molar-refractivity contribution >= 4 is 10.8 Å². The zero-order valence-electron chi connectivity index (χ0n) is 12.8. The van der Waals surface area contributed by atoms with Crippen molar-refractivity contribution in [3.05, 3.63) is 42.0 Å². The lowest BCUT2D eigenvalue weighted by molar-refractivity contribution is 0.349. The summed E-state index contributed by atoms with van der Waals surface area (Å²) in [4.78, 5) is 2.20. The van der Waals surface area contributed by atoms with E-state index in [-0.39, 0.29) is 0 Å². The van der Waals surface area contributed by atoms with E-state index in [1.807, 2.05) is 0 Å². The number of hydrogen-bond acceptors (Lipinski definition) is 3. The molecule has 2 aromatic carbocycles. The van der Waals surface area contributed by atoms with Gasteiger partial charge in [-0.1, -0.05) is 30.3 Å². The maximum atomic E-state index is 5.43. The number of benzene rings is 2. The van der Waals surface area contributed by atoms with E-state index in [4.69, 9.17) is 4.74 Å². The van der Waals surface area contributed by atoms with Crippen LogP contribution in [0.3, 0.4) is 0 Å². The fraction of sp³-hybridized carbons (Fsp3) is 0.412. The van der Waals surface area contributed by atoms with Gasteiger partial charge in [-0.15, -0.1) is 0 Å². The van der Waals surface area contributed by atoms with Crippen LogP contribution in [0.25, 0.3) is 10.8 Å². The molecule has 0 fully saturated rings. The maximum absolute atomic E-state index is 5.43. The van der Waals surface area contributed by atoms with Gasteiger partial charge in [-0.05, 0) is 38.0 Å². The van der Waals surface area contributed by atoms with Crippen molar-refractivity contribution in [2.75, 3.05) is 27.7 Å². The predicted molar refractivity (Wildman–Crippen MR) is 85.4 cm³/mol. The van der Waals surface area contributed by atoms with Crippen molar-refractivity contribution in [1.29, 1.82) is 0 Å². The van der Waals surface area contributed by atoms with E-state index in [1.54, 1.807) is 7.11 Å². The lowest BCUT2D eigenvalue weighted by Crippen LogP contribution is -2.35. The normalized spacial score (nSPS) is 12.8. The first kappa shape index (κ1) is 14.8. The Bertz CT molecular complexity index is 566. The van der Waals surface area contributed by atoms with Gasteiger partial charge in [0.05, 0.1) is 7.11 Å². The van der Waals surface area contributed by atoms with Gasteiger partial charge >= 0.3 is 0 Å². The van der Waals surface area contributed by atoms with Crippen LogP contribution in [0.4, 0.5) is 0 Å². The summed E-state index contributed by atoms with van der Waals surface area (Å²) in [7, 11) is 5.92. The molecule has 20 heavy (non-hydrogen) atoms. The minimum atomic E-state index is 0.464. The van der Waals surface area contributed by atoms with Crippen LogP contribution in [-0.2, 0) is 6.54 Å². The molecule has 1 N–H and O–H groups in total. The van der Waals surface area contributed by atoms with E-state index in [0.29, 0.717) is 6.04 Å². The van der Waals surface area contributed by atoms with Crippen LogP contribution in [0, 0.1) is 0 Å². The van der Waals surface area contributed by atoms with Crippen LogP contribution in [0.2, 0.25) is 0 Å². The molecule has 1 atom stereocenters. The highest BCUT2D eigenvalue weighted by Gasteiger charge is 2.07. The quantitative estimate of drug-likeness (QED) is 0.875. The number of nitrogens with one attached hydrogen (secondary N) is 1. The number of ether oxygens (including phenoxy) is 1. The minimum Gasteiger partial charge on any atom is -0.496 e. The van der Waals surface area contributed by atoms with Crippen LogP contribution in [-0.4, -0.2) is 38.7 Å². The molecule has 2 aromatic rings. The van der Waals surface area contributed by atoms with Gasteiger partial charge in [0.1, 0.15) is 5.75 Å². The molecule has 0 spiro atoms. The summed E-state index contributed by atoms with van der Waals surface area (Å²) in [5, 5.41) is 6.01. The van der Waals surface area contributed by atoms with E-state index < -0.39 is 0 Å². The highest BCUT2D eigenvalue weighted by molar-refractivity contribution is 5.91. The Balaban J connectivity index is 2.19. The number of rotatable bonds is 6. The van der Waals surface area contributed by atoms with Gasteiger partial charge in [0.15, 0.2) is 0 Å². The van der Waals surface area contributed by atoms with Crippen molar-refractivity contribution in [2.24, 2.45) is 0 Å². The summed E-state index contributed by atoms with van der Waals surface area (Å²) in [5.74, 6) is 0.936. The van der Waals surface area contributed by atoms with Crippen LogP contribution >= 0.6 is 0 Å². The fourth-order valence-electron chi connectivity index (χ4n) is 2.56. The predicted octanol–water partition coefficient (Wildman–Crippen LogP) is 2.89. The van der Waals surface area contributed by atoms with Crippen LogP contribution in [0.5, 0.6) is 5.75 Å². The van der Waals surface area contributed by atoms with Gasteiger partial charge in [0, 0.05) is 24.5 Å². The standard InChI is InChI=1S/C17H24N2O/c1-13(12-19(2)3)18-11-14-9-10-17(20-4)16-8-6-5-7-15(14)16/h5-10,13,18H,11-12H2,1-4H3. The van der Waals surface area contributed by atoms with E-state index >= 15 is 0 Å². The molecule has 0 saturated carbocycles. The average molecular weight is 272 g/mol. The van der Waals surface area contributed by atoms with Crippen molar-refractivity contribution in [1.82, 2.24) is 10.2 Å². The second-order valence-electron chi connectivity index (χ2n) is 5.52. The molecular weight excluding hydrogens is 248 g/mol. The van der Waals surface area contributed by atoms with Gasteiger partial charge in [0.2, 0.25) is 0 Å². The van der Waals surface area contributed by atoms with E-state index in [2.05, 4.69) is 67.6 Å². The van der Waals surface area contributed by atoms with Crippen LogP contribution in [0.15, 0.2) is 36.4 Å². The third kappa shape index (κ3) is 3.50. The third-order valence-corrected chi connectivity index (χ3v) is 3.47. The van der Waals surface area contributed by atoms with E-state index in [9.17, 15) is 0 Å². The molecular formula is C17H24N2O. The summed E-state index contributed by atoms with van der Waals surface area (Å²) in [5.41, 5.74) is 1.31. The third-order valence-electron chi connectivity index (χ3n) is 3.47. The Labute approximate surface area is 121 Å².